The fourth-order valence-corrected chi connectivity index (χ4v) is 2.29. The number of hydrogen-bond acceptors (Lipinski definition) is 2. The van der Waals surface area contributed by atoms with Crippen LogP contribution in [0.3, 0.4) is 0 Å². The van der Waals surface area contributed by atoms with Crippen molar-refractivity contribution in [2.24, 2.45) is 0 Å². The second-order valence-corrected chi connectivity index (χ2v) is 4.24. The molecule has 15 heavy (non-hydrogen) atoms. The normalized spacial score (nSPS) is 19.2. The molecule has 2 rings (SSSR count). The Labute approximate surface area is 91.6 Å². The standard InChI is InChI=1S/C13H19NO/c1-10-3-5-12-11(9-10)4-6-13(12)14-7-8-15-2/h3,5,9,13-14H,4,6-8H2,1-2H3. The molecule has 0 saturated heterocycles. The maximum atomic E-state index is 5.05. The topological polar surface area (TPSA) is 21.3 Å². The van der Waals surface area contributed by atoms with E-state index in [1.54, 1.807) is 7.11 Å². The zero-order valence-corrected chi connectivity index (χ0v) is 9.55. The van der Waals surface area contributed by atoms with E-state index in [2.05, 4.69) is 30.4 Å². The van der Waals surface area contributed by atoms with Gasteiger partial charge in [-0.2, -0.15) is 0 Å². The van der Waals surface area contributed by atoms with Crippen LogP contribution < -0.4 is 5.32 Å². The van der Waals surface area contributed by atoms with E-state index in [0.717, 1.165) is 13.2 Å². The lowest BCUT2D eigenvalue weighted by atomic mass is 10.1. The summed E-state index contributed by atoms with van der Waals surface area (Å²) in [7, 11) is 1.74. The first kappa shape index (κ1) is 10.7. The molecule has 1 aromatic rings. The van der Waals surface area contributed by atoms with Gasteiger partial charge in [-0.25, -0.2) is 0 Å². The zero-order chi connectivity index (χ0) is 10.7. The smallest absolute Gasteiger partial charge is 0.0587 e. The molecule has 1 unspecified atom stereocenters. The van der Waals surface area contributed by atoms with E-state index in [4.69, 9.17) is 4.74 Å². The minimum Gasteiger partial charge on any atom is -0.383 e. The maximum absolute atomic E-state index is 5.05. The van der Waals surface area contributed by atoms with E-state index in [-0.39, 0.29) is 0 Å². The van der Waals surface area contributed by atoms with E-state index < -0.39 is 0 Å². The van der Waals surface area contributed by atoms with Crippen molar-refractivity contribution in [3.63, 3.8) is 0 Å². The quantitative estimate of drug-likeness (QED) is 0.761. The number of rotatable bonds is 4. The molecule has 0 saturated carbocycles. The van der Waals surface area contributed by atoms with Crippen LogP contribution >= 0.6 is 0 Å². The molecule has 0 amide bonds. The van der Waals surface area contributed by atoms with Crippen LogP contribution in [0.15, 0.2) is 18.2 Å². The molecule has 1 aliphatic rings. The van der Waals surface area contributed by atoms with Crippen LogP contribution in [0, 0.1) is 6.92 Å². The molecular formula is C13H19NO. The van der Waals surface area contributed by atoms with Crippen molar-refractivity contribution in [1.29, 1.82) is 0 Å². The number of benzene rings is 1. The fourth-order valence-electron chi connectivity index (χ4n) is 2.29. The number of nitrogens with one attached hydrogen (secondary N) is 1. The highest BCUT2D eigenvalue weighted by molar-refractivity contribution is 5.37. The molecule has 0 radical (unpaired) electrons. The molecule has 1 aromatic carbocycles. The summed E-state index contributed by atoms with van der Waals surface area (Å²) >= 11 is 0. The van der Waals surface area contributed by atoms with Crippen molar-refractivity contribution in [1.82, 2.24) is 5.32 Å². The molecule has 1 atom stereocenters. The van der Waals surface area contributed by atoms with Gasteiger partial charge in [0, 0.05) is 19.7 Å². The molecule has 2 nitrogen and oxygen atoms in total. The molecule has 0 aromatic heterocycles. The Hall–Kier alpha value is -0.860. The van der Waals surface area contributed by atoms with Gasteiger partial charge < -0.3 is 10.1 Å². The molecule has 2 heteroatoms. The Bertz CT molecular complexity index is 335. The number of aryl methyl sites for hydroxylation is 2. The van der Waals surface area contributed by atoms with Crippen LogP contribution in [0.5, 0.6) is 0 Å². The third-order valence-corrected chi connectivity index (χ3v) is 3.07. The fraction of sp³-hybridized carbons (Fsp3) is 0.538. The van der Waals surface area contributed by atoms with Gasteiger partial charge in [-0.3, -0.25) is 0 Å². The molecule has 0 spiro atoms. The third kappa shape index (κ3) is 2.39. The lowest BCUT2D eigenvalue weighted by Crippen LogP contribution is -2.23. The summed E-state index contributed by atoms with van der Waals surface area (Å²) in [5.41, 5.74) is 4.37. The van der Waals surface area contributed by atoms with Crippen LogP contribution in [0.2, 0.25) is 0 Å². The first-order valence-corrected chi connectivity index (χ1v) is 5.63. The van der Waals surface area contributed by atoms with E-state index in [0.29, 0.717) is 6.04 Å². The van der Waals surface area contributed by atoms with Crippen LogP contribution in [0.4, 0.5) is 0 Å². The Kier molecular flexibility index (Phi) is 3.39. The first-order chi connectivity index (χ1) is 7.31. The van der Waals surface area contributed by atoms with Crippen LogP contribution in [0.25, 0.3) is 0 Å². The van der Waals surface area contributed by atoms with Crippen molar-refractivity contribution >= 4 is 0 Å². The molecule has 82 valence electrons. The lowest BCUT2D eigenvalue weighted by Gasteiger charge is -2.13. The summed E-state index contributed by atoms with van der Waals surface area (Å²) in [6, 6.07) is 7.32. The Morgan fingerprint density at radius 3 is 3.13 bits per heavy atom. The second-order valence-electron chi connectivity index (χ2n) is 4.24. The van der Waals surface area contributed by atoms with Crippen LogP contribution in [0.1, 0.15) is 29.2 Å². The van der Waals surface area contributed by atoms with Gasteiger partial charge in [-0.15, -0.1) is 0 Å². The van der Waals surface area contributed by atoms with Gasteiger partial charge in [0.2, 0.25) is 0 Å². The van der Waals surface area contributed by atoms with E-state index in [1.807, 2.05) is 0 Å². The summed E-state index contributed by atoms with van der Waals surface area (Å²) < 4.78 is 5.05. The van der Waals surface area contributed by atoms with Gasteiger partial charge in [0.25, 0.3) is 0 Å². The number of ether oxygens (including phenoxy) is 1. The third-order valence-electron chi connectivity index (χ3n) is 3.07. The number of methoxy groups -OCH3 is 1. The Morgan fingerprint density at radius 2 is 2.33 bits per heavy atom. The minimum absolute atomic E-state index is 0.538. The summed E-state index contributed by atoms with van der Waals surface area (Å²) in [6.07, 6.45) is 2.43. The van der Waals surface area contributed by atoms with Gasteiger partial charge >= 0.3 is 0 Å². The number of hydrogen-bond donors (Lipinski definition) is 1. The van der Waals surface area contributed by atoms with Crippen molar-refractivity contribution < 1.29 is 4.74 Å². The molecule has 0 bridgehead atoms. The number of fused-ring (bicyclic) bond motifs is 1. The van der Waals surface area contributed by atoms with Crippen LogP contribution in [-0.4, -0.2) is 20.3 Å². The Balaban J connectivity index is 2.02. The summed E-state index contributed by atoms with van der Waals surface area (Å²) in [5.74, 6) is 0. The second kappa shape index (κ2) is 4.77. The van der Waals surface area contributed by atoms with Gasteiger partial charge in [0.1, 0.15) is 0 Å². The largest absolute Gasteiger partial charge is 0.383 e. The van der Waals surface area contributed by atoms with E-state index in [1.165, 1.54) is 29.5 Å². The summed E-state index contributed by atoms with van der Waals surface area (Å²) in [5, 5.41) is 3.53. The van der Waals surface area contributed by atoms with Crippen molar-refractivity contribution in [3.8, 4) is 0 Å². The zero-order valence-electron chi connectivity index (χ0n) is 9.55. The maximum Gasteiger partial charge on any atom is 0.0587 e. The van der Waals surface area contributed by atoms with Crippen LogP contribution in [-0.2, 0) is 11.2 Å². The average Bonchev–Trinajstić information content (AvgIpc) is 2.61. The van der Waals surface area contributed by atoms with E-state index in [9.17, 15) is 0 Å². The highest BCUT2D eigenvalue weighted by Gasteiger charge is 2.21. The molecule has 1 N–H and O–H groups in total. The first-order valence-electron chi connectivity index (χ1n) is 5.63. The molecular weight excluding hydrogens is 186 g/mol. The average molecular weight is 205 g/mol. The summed E-state index contributed by atoms with van der Waals surface area (Å²) in [4.78, 5) is 0. The van der Waals surface area contributed by atoms with Gasteiger partial charge in [0.15, 0.2) is 0 Å². The van der Waals surface area contributed by atoms with Crippen molar-refractivity contribution in [2.75, 3.05) is 20.3 Å². The minimum atomic E-state index is 0.538. The summed E-state index contributed by atoms with van der Waals surface area (Å²) in [6.45, 7) is 3.89. The van der Waals surface area contributed by atoms with Gasteiger partial charge in [-0.1, -0.05) is 23.8 Å². The SMILES string of the molecule is COCCNC1CCc2cc(C)ccc21. The van der Waals surface area contributed by atoms with Crippen molar-refractivity contribution in [2.45, 2.75) is 25.8 Å². The highest BCUT2D eigenvalue weighted by atomic mass is 16.5. The van der Waals surface area contributed by atoms with Crippen molar-refractivity contribution in [3.05, 3.63) is 34.9 Å². The Morgan fingerprint density at radius 1 is 1.47 bits per heavy atom. The van der Waals surface area contributed by atoms with Gasteiger partial charge in [0.05, 0.1) is 6.61 Å². The highest BCUT2D eigenvalue weighted by Crippen LogP contribution is 2.31. The predicted octanol–water partition coefficient (Wildman–Crippen LogP) is 2.22. The predicted molar refractivity (Wildman–Crippen MR) is 62.1 cm³/mol. The monoisotopic (exact) mass is 205 g/mol. The molecule has 0 aliphatic heterocycles. The molecule has 0 fully saturated rings. The van der Waals surface area contributed by atoms with E-state index >= 15 is 0 Å². The lowest BCUT2D eigenvalue weighted by molar-refractivity contribution is 0.195. The molecule has 1 aliphatic carbocycles. The van der Waals surface area contributed by atoms with Gasteiger partial charge in [-0.05, 0) is 30.9 Å². The molecule has 0 heterocycles.